The quantitative estimate of drug-likeness (QED) is 0.877. The van der Waals surface area contributed by atoms with E-state index in [4.69, 9.17) is 4.42 Å². The molecule has 2 aromatic heterocycles. The number of aromatic nitrogens is 3. The Hall–Kier alpha value is -1.62. The number of hydrogen-bond donors (Lipinski definition) is 1. The van der Waals surface area contributed by atoms with Crippen molar-refractivity contribution in [3.63, 3.8) is 0 Å². The van der Waals surface area contributed by atoms with Gasteiger partial charge in [0.2, 0.25) is 5.89 Å². The fourth-order valence-electron chi connectivity index (χ4n) is 1.64. The van der Waals surface area contributed by atoms with Crippen LogP contribution < -0.4 is 5.32 Å². The zero-order valence-electron chi connectivity index (χ0n) is 10.7. The highest BCUT2D eigenvalue weighted by molar-refractivity contribution is 5.15. The van der Waals surface area contributed by atoms with Crippen LogP contribution in [0.3, 0.4) is 0 Å². The molecule has 1 unspecified atom stereocenters. The van der Waals surface area contributed by atoms with Crippen molar-refractivity contribution in [2.24, 2.45) is 7.05 Å². The summed E-state index contributed by atoms with van der Waals surface area (Å²) in [5.41, 5.74) is 2.37. The lowest BCUT2D eigenvalue weighted by molar-refractivity contribution is 0.402. The molecular weight excluding hydrogens is 216 g/mol. The first kappa shape index (κ1) is 11.9. The summed E-state index contributed by atoms with van der Waals surface area (Å²) in [7, 11) is 1.94. The summed E-state index contributed by atoms with van der Waals surface area (Å²) >= 11 is 0. The molecule has 0 aliphatic carbocycles. The Labute approximate surface area is 101 Å². The van der Waals surface area contributed by atoms with Crippen LogP contribution >= 0.6 is 0 Å². The Bertz CT molecular complexity index is 500. The molecule has 17 heavy (non-hydrogen) atoms. The van der Waals surface area contributed by atoms with E-state index in [-0.39, 0.29) is 6.04 Å². The van der Waals surface area contributed by atoms with Crippen LogP contribution in [0.5, 0.6) is 0 Å². The summed E-state index contributed by atoms with van der Waals surface area (Å²) in [6.45, 7) is 6.76. The summed E-state index contributed by atoms with van der Waals surface area (Å²) in [5, 5.41) is 7.58. The molecule has 0 bridgehead atoms. The van der Waals surface area contributed by atoms with Crippen LogP contribution in [0.4, 0.5) is 0 Å². The minimum Gasteiger partial charge on any atom is -0.444 e. The molecule has 0 aromatic carbocycles. The molecule has 0 aliphatic heterocycles. The number of nitrogens with zero attached hydrogens (tertiary/aromatic N) is 3. The van der Waals surface area contributed by atoms with Crippen LogP contribution in [0.2, 0.25) is 0 Å². The Morgan fingerprint density at radius 2 is 2.18 bits per heavy atom. The van der Waals surface area contributed by atoms with Crippen molar-refractivity contribution < 1.29 is 4.42 Å². The average molecular weight is 234 g/mol. The summed E-state index contributed by atoms with van der Waals surface area (Å²) in [6, 6.07) is 0.100. The van der Waals surface area contributed by atoms with Gasteiger partial charge < -0.3 is 9.73 Å². The smallest absolute Gasteiger partial charge is 0.211 e. The van der Waals surface area contributed by atoms with Crippen molar-refractivity contribution in [2.75, 3.05) is 0 Å². The zero-order chi connectivity index (χ0) is 12.4. The first-order valence-corrected chi connectivity index (χ1v) is 5.71. The number of nitrogens with one attached hydrogen (secondary N) is 1. The van der Waals surface area contributed by atoms with Gasteiger partial charge in [0, 0.05) is 24.8 Å². The standard InChI is InChI=1S/C12H18N4O/c1-8-5-14-12(17-8)9(2)13-6-11-7-15-16(4)10(11)3/h5,7,9,13H,6H2,1-4H3. The molecule has 0 fully saturated rings. The molecule has 0 aliphatic rings. The third kappa shape index (κ3) is 2.55. The SMILES string of the molecule is Cc1cnc(C(C)NCc2cnn(C)c2C)o1. The zero-order valence-corrected chi connectivity index (χ0v) is 10.7. The fraction of sp³-hybridized carbons (Fsp3) is 0.500. The van der Waals surface area contributed by atoms with Crippen molar-refractivity contribution in [3.8, 4) is 0 Å². The van der Waals surface area contributed by atoms with E-state index in [2.05, 4.69) is 22.3 Å². The molecule has 0 spiro atoms. The predicted molar refractivity (Wildman–Crippen MR) is 64.4 cm³/mol. The molecular formula is C12H18N4O. The third-order valence-corrected chi connectivity index (χ3v) is 2.95. The largest absolute Gasteiger partial charge is 0.444 e. The predicted octanol–water partition coefficient (Wildman–Crippen LogP) is 1.88. The maximum Gasteiger partial charge on any atom is 0.211 e. The Morgan fingerprint density at radius 1 is 1.41 bits per heavy atom. The van der Waals surface area contributed by atoms with Crippen molar-refractivity contribution in [2.45, 2.75) is 33.4 Å². The number of rotatable bonds is 4. The second kappa shape index (κ2) is 4.71. The minimum absolute atomic E-state index is 0.100. The summed E-state index contributed by atoms with van der Waals surface area (Å²) < 4.78 is 7.35. The van der Waals surface area contributed by atoms with Gasteiger partial charge in [-0.15, -0.1) is 0 Å². The first-order chi connectivity index (χ1) is 8.08. The van der Waals surface area contributed by atoms with Gasteiger partial charge in [0.15, 0.2) is 0 Å². The Morgan fingerprint density at radius 3 is 2.71 bits per heavy atom. The van der Waals surface area contributed by atoms with Gasteiger partial charge in [-0.3, -0.25) is 4.68 Å². The lowest BCUT2D eigenvalue weighted by atomic mass is 10.2. The van der Waals surface area contributed by atoms with Gasteiger partial charge >= 0.3 is 0 Å². The normalized spacial score (nSPS) is 12.9. The lowest BCUT2D eigenvalue weighted by Crippen LogP contribution is -2.18. The van der Waals surface area contributed by atoms with Gasteiger partial charge in [-0.2, -0.15) is 5.10 Å². The van der Waals surface area contributed by atoms with E-state index >= 15 is 0 Å². The van der Waals surface area contributed by atoms with Crippen molar-refractivity contribution in [3.05, 3.63) is 35.3 Å². The van der Waals surface area contributed by atoms with Crippen molar-refractivity contribution >= 4 is 0 Å². The van der Waals surface area contributed by atoms with Crippen LogP contribution in [0.25, 0.3) is 0 Å². The molecule has 1 N–H and O–H groups in total. The van der Waals surface area contributed by atoms with Gasteiger partial charge in [0.1, 0.15) is 5.76 Å². The van der Waals surface area contributed by atoms with Gasteiger partial charge in [0.25, 0.3) is 0 Å². The summed E-state index contributed by atoms with van der Waals surface area (Å²) in [4.78, 5) is 4.21. The van der Waals surface area contributed by atoms with E-state index in [1.54, 1.807) is 6.20 Å². The fourth-order valence-corrected chi connectivity index (χ4v) is 1.64. The summed E-state index contributed by atoms with van der Waals surface area (Å²) in [5.74, 6) is 1.57. The van der Waals surface area contributed by atoms with E-state index in [1.807, 2.05) is 31.8 Å². The van der Waals surface area contributed by atoms with E-state index < -0.39 is 0 Å². The molecule has 0 amide bonds. The number of oxazole rings is 1. The number of aryl methyl sites for hydroxylation is 2. The molecule has 0 radical (unpaired) electrons. The van der Waals surface area contributed by atoms with Crippen LogP contribution in [0.15, 0.2) is 16.8 Å². The van der Waals surface area contributed by atoms with Crippen LogP contribution in [0, 0.1) is 13.8 Å². The van der Waals surface area contributed by atoms with Gasteiger partial charge in [0.05, 0.1) is 18.4 Å². The van der Waals surface area contributed by atoms with E-state index in [1.165, 1.54) is 11.3 Å². The van der Waals surface area contributed by atoms with E-state index in [9.17, 15) is 0 Å². The van der Waals surface area contributed by atoms with E-state index in [0.29, 0.717) is 0 Å². The Kier molecular flexibility index (Phi) is 3.28. The molecule has 5 nitrogen and oxygen atoms in total. The highest BCUT2D eigenvalue weighted by Crippen LogP contribution is 2.13. The monoisotopic (exact) mass is 234 g/mol. The van der Waals surface area contributed by atoms with Crippen LogP contribution in [0.1, 0.15) is 35.9 Å². The number of hydrogen-bond acceptors (Lipinski definition) is 4. The van der Waals surface area contributed by atoms with Crippen LogP contribution in [-0.2, 0) is 13.6 Å². The maximum atomic E-state index is 5.47. The molecule has 0 saturated carbocycles. The second-order valence-corrected chi connectivity index (χ2v) is 4.29. The highest BCUT2D eigenvalue weighted by atomic mass is 16.4. The second-order valence-electron chi connectivity index (χ2n) is 4.29. The lowest BCUT2D eigenvalue weighted by Gasteiger charge is -2.09. The Balaban J connectivity index is 1.96. The minimum atomic E-state index is 0.100. The van der Waals surface area contributed by atoms with Crippen LogP contribution in [-0.4, -0.2) is 14.8 Å². The highest BCUT2D eigenvalue weighted by Gasteiger charge is 2.12. The maximum absolute atomic E-state index is 5.47. The molecule has 92 valence electrons. The molecule has 5 heteroatoms. The van der Waals surface area contributed by atoms with Crippen molar-refractivity contribution in [1.29, 1.82) is 0 Å². The third-order valence-electron chi connectivity index (χ3n) is 2.95. The van der Waals surface area contributed by atoms with Gasteiger partial charge in [-0.1, -0.05) is 0 Å². The molecule has 0 saturated heterocycles. The average Bonchev–Trinajstić information content (AvgIpc) is 2.86. The first-order valence-electron chi connectivity index (χ1n) is 5.71. The van der Waals surface area contributed by atoms with Gasteiger partial charge in [-0.25, -0.2) is 4.98 Å². The van der Waals surface area contributed by atoms with E-state index in [0.717, 1.165) is 18.2 Å². The molecule has 2 heterocycles. The molecule has 1 atom stereocenters. The molecule has 2 aromatic rings. The van der Waals surface area contributed by atoms with Gasteiger partial charge in [-0.05, 0) is 20.8 Å². The topological polar surface area (TPSA) is 55.9 Å². The van der Waals surface area contributed by atoms with Crippen molar-refractivity contribution in [1.82, 2.24) is 20.1 Å². The summed E-state index contributed by atoms with van der Waals surface area (Å²) in [6.07, 6.45) is 3.62. The molecule has 2 rings (SSSR count).